The van der Waals surface area contributed by atoms with Gasteiger partial charge in [0.2, 0.25) is 5.76 Å². The maximum absolute atomic E-state index is 11.3. The summed E-state index contributed by atoms with van der Waals surface area (Å²) >= 11 is 1.75. The molecular formula is C12H19NO3S. The molecule has 0 aliphatic carbocycles. The van der Waals surface area contributed by atoms with E-state index in [0.717, 1.165) is 29.3 Å². The van der Waals surface area contributed by atoms with Crippen LogP contribution in [0, 0.1) is 6.92 Å². The van der Waals surface area contributed by atoms with Crippen LogP contribution in [-0.2, 0) is 10.5 Å². The summed E-state index contributed by atoms with van der Waals surface area (Å²) in [7, 11) is 1.35. The van der Waals surface area contributed by atoms with E-state index in [9.17, 15) is 4.79 Å². The van der Waals surface area contributed by atoms with Crippen LogP contribution >= 0.6 is 11.8 Å². The molecule has 1 aromatic heterocycles. The lowest BCUT2D eigenvalue weighted by molar-refractivity contribution is 0.0562. The minimum Gasteiger partial charge on any atom is -0.463 e. The summed E-state index contributed by atoms with van der Waals surface area (Å²) in [6, 6.07) is 2.11. The van der Waals surface area contributed by atoms with Gasteiger partial charge in [0.1, 0.15) is 5.76 Å². The Labute approximate surface area is 106 Å². The first kappa shape index (κ1) is 14.1. The second kappa shape index (κ2) is 6.71. The first-order valence-corrected chi connectivity index (χ1v) is 6.71. The van der Waals surface area contributed by atoms with E-state index in [2.05, 4.69) is 4.74 Å². The monoisotopic (exact) mass is 257 g/mol. The quantitative estimate of drug-likeness (QED) is 0.626. The lowest BCUT2D eigenvalue weighted by Crippen LogP contribution is -2.15. The minimum atomic E-state index is -0.422. The topological polar surface area (TPSA) is 65.5 Å². The first-order chi connectivity index (χ1) is 8.04. The van der Waals surface area contributed by atoms with E-state index < -0.39 is 5.97 Å². The third kappa shape index (κ3) is 4.44. The number of thioether (sulfide) groups is 1. The summed E-state index contributed by atoms with van der Waals surface area (Å²) in [5, 5.41) is 0. The highest BCUT2D eigenvalue weighted by Crippen LogP contribution is 2.20. The minimum absolute atomic E-state index is 0.228. The molecule has 0 saturated carbocycles. The molecule has 0 saturated heterocycles. The molecule has 4 nitrogen and oxygen atoms in total. The van der Waals surface area contributed by atoms with E-state index >= 15 is 0 Å². The largest absolute Gasteiger partial charge is 0.463 e. The Bertz CT molecular complexity index is 374. The second-order valence-corrected chi connectivity index (χ2v) is 5.14. The Morgan fingerprint density at radius 3 is 2.94 bits per heavy atom. The second-order valence-electron chi connectivity index (χ2n) is 4.03. The van der Waals surface area contributed by atoms with Crippen molar-refractivity contribution in [3.63, 3.8) is 0 Å². The number of methoxy groups -OCH3 is 1. The Balaban J connectivity index is 2.47. The molecule has 0 aromatic carbocycles. The average Bonchev–Trinajstić information content (AvgIpc) is 2.65. The van der Waals surface area contributed by atoms with Gasteiger partial charge in [-0.25, -0.2) is 4.79 Å². The van der Waals surface area contributed by atoms with Gasteiger partial charge in [-0.05, 0) is 32.1 Å². The van der Waals surface area contributed by atoms with Crippen LogP contribution in [0.15, 0.2) is 10.5 Å². The zero-order chi connectivity index (χ0) is 12.8. The number of carbonyl (C=O) groups excluding carboxylic acids is 1. The van der Waals surface area contributed by atoms with E-state index in [0.29, 0.717) is 5.76 Å². The highest BCUT2D eigenvalue weighted by atomic mass is 32.2. The Morgan fingerprint density at radius 1 is 1.65 bits per heavy atom. The summed E-state index contributed by atoms with van der Waals surface area (Å²) in [6.45, 7) is 3.83. The van der Waals surface area contributed by atoms with Gasteiger partial charge in [-0.2, -0.15) is 11.8 Å². The number of carbonyl (C=O) groups is 1. The van der Waals surface area contributed by atoms with E-state index in [4.69, 9.17) is 10.2 Å². The van der Waals surface area contributed by atoms with Crippen molar-refractivity contribution in [1.82, 2.24) is 0 Å². The van der Waals surface area contributed by atoms with Gasteiger partial charge in [0.05, 0.1) is 12.9 Å². The molecule has 96 valence electrons. The number of aryl methyl sites for hydroxylation is 1. The smallest absolute Gasteiger partial charge is 0.374 e. The third-order valence-electron chi connectivity index (χ3n) is 2.30. The van der Waals surface area contributed by atoms with Gasteiger partial charge in [-0.1, -0.05) is 0 Å². The molecule has 17 heavy (non-hydrogen) atoms. The molecule has 0 aliphatic rings. The van der Waals surface area contributed by atoms with Crippen molar-refractivity contribution >= 4 is 17.7 Å². The SMILES string of the molecule is COC(=O)c1oc(CSCCC(C)N)cc1C. The van der Waals surface area contributed by atoms with Crippen LogP contribution in [0.2, 0.25) is 0 Å². The molecular weight excluding hydrogens is 238 g/mol. The molecule has 0 aliphatic heterocycles. The van der Waals surface area contributed by atoms with E-state index in [1.54, 1.807) is 11.8 Å². The standard InChI is InChI=1S/C12H19NO3S/c1-8-6-10(7-17-5-4-9(2)13)16-11(8)12(14)15-3/h6,9H,4-5,7,13H2,1-3H3. The first-order valence-electron chi connectivity index (χ1n) is 5.55. The molecule has 0 radical (unpaired) electrons. The van der Waals surface area contributed by atoms with Crippen molar-refractivity contribution in [2.24, 2.45) is 5.73 Å². The Morgan fingerprint density at radius 2 is 2.35 bits per heavy atom. The molecule has 1 aromatic rings. The van der Waals surface area contributed by atoms with Crippen molar-refractivity contribution in [2.75, 3.05) is 12.9 Å². The normalized spacial score (nSPS) is 12.5. The molecule has 1 unspecified atom stereocenters. The summed E-state index contributed by atoms with van der Waals surface area (Å²) in [6.07, 6.45) is 0.980. The van der Waals surface area contributed by atoms with Crippen LogP contribution < -0.4 is 5.73 Å². The Kier molecular flexibility index (Phi) is 5.58. The summed E-state index contributed by atoms with van der Waals surface area (Å²) < 4.78 is 10.1. The van der Waals surface area contributed by atoms with Crippen molar-refractivity contribution < 1.29 is 13.9 Å². The fourth-order valence-electron chi connectivity index (χ4n) is 1.36. The molecule has 2 N–H and O–H groups in total. The predicted octanol–water partition coefficient (Wildman–Crippen LogP) is 2.35. The number of hydrogen-bond acceptors (Lipinski definition) is 5. The molecule has 0 amide bonds. The molecule has 1 heterocycles. The number of furan rings is 1. The maximum atomic E-state index is 11.3. The molecule has 0 spiro atoms. The molecule has 0 fully saturated rings. The third-order valence-corrected chi connectivity index (χ3v) is 3.31. The van der Waals surface area contributed by atoms with Crippen molar-refractivity contribution in [2.45, 2.75) is 32.1 Å². The number of hydrogen-bond donors (Lipinski definition) is 1. The molecule has 1 atom stereocenters. The number of nitrogens with two attached hydrogens (primary N) is 1. The van der Waals surface area contributed by atoms with E-state index in [1.165, 1.54) is 7.11 Å². The molecule has 0 bridgehead atoms. The lowest BCUT2D eigenvalue weighted by Gasteiger charge is -2.02. The van der Waals surface area contributed by atoms with Crippen molar-refractivity contribution in [1.29, 1.82) is 0 Å². The van der Waals surface area contributed by atoms with Crippen LogP contribution in [-0.4, -0.2) is 24.9 Å². The van der Waals surface area contributed by atoms with Gasteiger partial charge in [0.25, 0.3) is 0 Å². The van der Waals surface area contributed by atoms with Crippen molar-refractivity contribution in [3.05, 3.63) is 23.2 Å². The number of esters is 1. The zero-order valence-corrected chi connectivity index (χ0v) is 11.3. The lowest BCUT2D eigenvalue weighted by atomic mass is 10.3. The van der Waals surface area contributed by atoms with Crippen LogP contribution in [0.25, 0.3) is 0 Å². The van der Waals surface area contributed by atoms with E-state index in [-0.39, 0.29) is 6.04 Å². The average molecular weight is 257 g/mol. The zero-order valence-electron chi connectivity index (χ0n) is 10.5. The fraction of sp³-hybridized carbons (Fsp3) is 0.583. The van der Waals surface area contributed by atoms with Crippen LogP contribution in [0.1, 0.15) is 35.2 Å². The van der Waals surface area contributed by atoms with Crippen LogP contribution in [0.4, 0.5) is 0 Å². The van der Waals surface area contributed by atoms with Gasteiger partial charge in [0.15, 0.2) is 0 Å². The van der Waals surface area contributed by atoms with Gasteiger partial charge >= 0.3 is 5.97 Å². The van der Waals surface area contributed by atoms with Crippen LogP contribution in [0.3, 0.4) is 0 Å². The summed E-state index contributed by atoms with van der Waals surface area (Å²) in [5.41, 5.74) is 6.48. The van der Waals surface area contributed by atoms with Crippen molar-refractivity contribution in [3.8, 4) is 0 Å². The predicted molar refractivity (Wildman–Crippen MR) is 69.2 cm³/mol. The fourth-order valence-corrected chi connectivity index (χ4v) is 2.38. The Hall–Kier alpha value is -0.940. The highest BCUT2D eigenvalue weighted by molar-refractivity contribution is 7.98. The van der Waals surface area contributed by atoms with E-state index in [1.807, 2.05) is 19.9 Å². The van der Waals surface area contributed by atoms with Gasteiger partial charge < -0.3 is 14.9 Å². The van der Waals surface area contributed by atoms with Gasteiger partial charge in [0, 0.05) is 11.6 Å². The van der Waals surface area contributed by atoms with Gasteiger partial charge in [-0.3, -0.25) is 0 Å². The maximum Gasteiger partial charge on any atom is 0.374 e. The molecule has 5 heteroatoms. The highest BCUT2D eigenvalue weighted by Gasteiger charge is 2.15. The van der Waals surface area contributed by atoms with Gasteiger partial charge in [-0.15, -0.1) is 0 Å². The van der Waals surface area contributed by atoms with Crippen LogP contribution in [0.5, 0.6) is 0 Å². The summed E-state index contributed by atoms with van der Waals surface area (Å²) in [5.74, 6) is 2.43. The number of ether oxygens (including phenoxy) is 1. The molecule has 1 rings (SSSR count). The summed E-state index contributed by atoms with van der Waals surface area (Å²) in [4.78, 5) is 11.3. The number of rotatable bonds is 6.